The van der Waals surface area contributed by atoms with Crippen molar-refractivity contribution in [3.05, 3.63) is 35.6 Å². The number of amides is 2. The van der Waals surface area contributed by atoms with Gasteiger partial charge in [-0.05, 0) is 55.4 Å². The highest BCUT2D eigenvalue weighted by Crippen LogP contribution is 2.56. The van der Waals surface area contributed by atoms with Crippen LogP contribution in [0.1, 0.15) is 36.0 Å². The molecule has 2 saturated carbocycles. The highest BCUT2D eigenvalue weighted by atomic mass is 19.1. The number of Topliss-reactive ketones (excluding diaryl/α,β-unsaturated/α-hetero) is 1. The number of ketones is 1. The molecule has 2 bridgehead atoms. The molecule has 4 rings (SSSR count). The van der Waals surface area contributed by atoms with Crippen LogP contribution in [-0.4, -0.2) is 41.6 Å². The lowest BCUT2D eigenvalue weighted by molar-refractivity contribution is -0.145. The van der Waals surface area contributed by atoms with E-state index in [2.05, 4.69) is 0 Å². The van der Waals surface area contributed by atoms with Gasteiger partial charge in [0, 0.05) is 12.1 Å². The standard InChI is InChI=1S/C20H20FNO5/c21-14-5-3-11(4-6-14)15(23)10-27-16(24)7-8-22-19(25)17-12-1-2-13(9-12)18(17)20(22)26/h3-6,12-13,17-18H,1-2,7-10H2/t12-,13-,17+,18+/m0/s1. The van der Waals surface area contributed by atoms with E-state index in [1.807, 2.05) is 0 Å². The predicted octanol–water partition coefficient (Wildman–Crippen LogP) is 1.97. The Hall–Kier alpha value is -2.57. The van der Waals surface area contributed by atoms with Crippen LogP contribution in [0.4, 0.5) is 4.39 Å². The molecule has 27 heavy (non-hydrogen) atoms. The number of carbonyl (C=O) groups is 4. The number of imide groups is 1. The second kappa shape index (κ2) is 6.87. The summed E-state index contributed by atoms with van der Waals surface area (Å²) in [6.07, 6.45) is 2.84. The maximum atomic E-state index is 12.9. The highest BCUT2D eigenvalue weighted by molar-refractivity contribution is 6.06. The number of ether oxygens (including phenoxy) is 1. The molecule has 1 aromatic carbocycles. The number of fused-ring (bicyclic) bond motifs is 5. The van der Waals surface area contributed by atoms with Crippen LogP contribution >= 0.6 is 0 Å². The van der Waals surface area contributed by atoms with E-state index in [1.54, 1.807) is 0 Å². The SMILES string of the molecule is O=C(CCN1C(=O)[C@@H]2[C@H]3CC[C@@H](C3)[C@H]2C1=O)OCC(=O)c1ccc(F)cc1. The van der Waals surface area contributed by atoms with Gasteiger partial charge in [0.2, 0.25) is 11.8 Å². The predicted molar refractivity (Wildman–Crippen MR) is 90.8 cm³/mol. The van der Waals surface area contributed by atoms with E-state index in [4.69, 9.17) is 4.74 Å². The van der Waals surface area contributed by atoms with Gasteiger partial charge in [-0.3, -0.25) is 24.1 Å². The summed E-state index contributed by atoms with van der Waals surface area (Å²) in [7, 11) is 0. The summed E-state index contributed by atoms with van der Waals surface area (Å²) in [5.41, 5.74) is 0.248. The normalized spacial score (nSPS) is 28.6. The third kappa shape index (κ3) is 3.15. The van der Waals surface area contributed by atoms with Gasteiger partial charge in [-0.15, -0.1) is 0 Å². The molecule has 142 valence electrons. The van der Waals surface area contributed by atoms with E-state index >= 15 is 0 Å². The summed E-state index contributed by atoms with van der Waals surface area (Å²) in [6.45, 7) is -0.463. The molecule has 3 fully saturated rings. The minimum absolute atomic E-state index is 0.00627. The van der Waals surface area contributed by atoms with Crippen molar-refractivity contribution in [2.45, 2.75) is 25.7 Å². The van der Waals surface area contributed by atoms with Crippen molar-refractivity contribution < 1.29 is 28.3 Å². The molecule has 3 aliphatic rings. The van der Waals surface area contributed by atoms with Crippen LogP contribution in [0, 0.1) is 29.5 Å². The fourth-order valence-electron chi connectivity index (χ4n) is 4.83. The van der Waals surface area contributed by atoms with Gasteiger partial charge in [0.25, 0.3) is 0 Å². The largest absolute Gasteiger partial charge is 0.457 e. The average Bonchev–Trinajstić information content (AvgIpc) is 3.33. The lowest BCUT2D eigenvalue weighted by atomic mass is 9.81. The lowest BCUT2D eigenvalue weighted by Crippen LogP contribution is -2.35. The molecule has 0 unspecified atom stereocenters. The number of likely N-dealkylation sites (tertiary alicyclic amines) is 1. The quantitative estimate of drug-likeness (QED) is 0.433. The Morgan fingerprint density at radius 2 is 1.63 bits per heavy atom. The zero-order chi connectivity index (χ0) is 19.1. The number of esters is 1. The maximum absolute atomic E-state index is 12.9. The van der Waals surface area contributed by atoms with Crippen LogP contribution in [0.5, 0.6) is 0 Å². The Morgan fingerprint density at radius 3 is 2.22 bits per heavy atom. The summed E-state index contributed by atoms with van der Waals surface area (Å²) in [4.78, 5) is 50.1. The molecule has 6 nitrogen and oxygen atoms in total. The highest BCUT2D eigenvalue weighted by Gasteiger charge is 2.60. The Bertz CT molecular complexity index is 777. The molecule has 2 aliphatic carbocycles. The number of benzene rings is 1. The van der Waals surface area contributed by atoms with E-state index in [0.717, 1.165) is 31.4 Å². The smallest absolute Gasteiger partial charge is 0.308 e. The van der Waals surface area contributed by atoms with Gasteiger partial charge >= 0.3 is 5.97 Å². The van der Waals surface area contributed by atoms with Crippen molar-refractivity contribution in [3.63, 3.8) is 0 Å². The van der Waals surface area contributed by atoms with Crippen molar-refractivity contribution >= 4 is 23.6 Å². The van der Waals surface area contributed by atoms with Crippen LogP contribution in [0.25, 0.3) is 0 Å². The maximum Gasteiger partial charge on any atom is 0.308 e. The fraction of sp³-hybridized carbons (Fsp3) is 0.500. The van der Waals surface area contributed by atoms with Gasteiger partial charge < -0.3 is 4.74 Å². The average molecular weight is 373 g/mol. The van der Waals surface area contributed by atoms with E-state index in [-0.39, 0.29) is 42.2 Å². The number of nitrogens with zero attached hydrogens (tertiary/aromatic N) is 1. The number of halogens is 1. The summed E-state index contributed by atoms with van der Waals surface area (Å²) in [6, 6.07) is 4.95. The molecular formula is C20H20FNO5. The Balaban J connectivity index is 1.27. The third-order valence-corrected chi connectivity index (χ3v) is 6.09. The third-order valence-electron chi connectivity index (χ3n) is 6.09. The Labute approximate surface area is 155 Å². The second-order valence-corrected chi connectivity index (χ2v) is 7.55. The molecule has 2 amide bonds. The fourth-order valence-corrected chi connectivity index (χ4v) is 4.83. The first-order valence-electron chi connectivity index (χ1n) is 9.25. The van der Waals surface area contributed by atoms with Gasteiger partial charge in [-0.1, -0.05) is 0 Å². The van der Waals surface area contributed by atoms with Crippen LogP contribution in [-0.2, 0) is 19.1 Å². The zero-order valence-electron chi connectivity index (χ0n) is 14.7. The van der Waals surface area contributed by atoms with Gasteiger partial charge in [-0.25, -0.2) is 4.39 Å². The van der Waals surface area contributed by atoms with Crippen molar-refractivity contribution in [1.29, 1.82) is 0 Å². The van der Waals surface area contributed by atoms with Crippen molar-refractivity contribution in [2.24, 2.45) is 23.7 Å². The summed E-state index contributed by atoms with van der Waals surface area (Å²) in [5.74, 6) is -1.65. The monoisotopic (exact) mass is 373 g/mol. The summed E-state index contributed by atoms with van der Waals surface area (Å²) < 4.78 is 17.8. The Morgan fingerprint density at radius 1 is 1.04 bits per heavy atom. The number of hydrogen-bond donors (Lipinski definition) is 0. The zero-order valence-corrected chi connectivity index (χ0v) is 14.7. The number of hydrogen-bond acceptors (Lipinski definition) is 5. The Kier molecular flexibility index (Phi) is 4.53. The van der Waals surface area contributed by atoms with Crippen LogP contribution < -0.4 is 0 Å². The summed E-state index contributed by atoms with van der Waals surface area (Å²) in [5, 5.41) is 0. The molecule has 0 aromatic heterocycles. The number of rotatable bonds is 6. The van der Waals surface area contributed by atoms with Gasteiger partial charge in [-0.2, -0.15) is 0 Å². The molecule has 4 atom stereocenters. The molecule has 1 heterocycles. The van der Waals surface area contributed by atoms with Crippen molar-refractivity contribution in [3.8, 4) is 0 Å². The van der Waals surface area contributed by atoms with Gasteiger partial charge in [0.05, 0.1) is 18.3 Å². The van der Waals surface area contributed by atoms with E-state index in [0.29, 0.717) is 11.8 Å². The first-order valence-corrected chi connectivity index (χ1v) is 9.25. The molecule has 1 saturated heterocycles. The molecule has 0 spiro atoms. The first-order chi connectivity index (χ1) is 13.0. The molecule has 1 aromatic rings. The van der Waals surface area contributed by atoms with Gasteiger partial charge in [0.15, 0.2) is 12.4 Å². The summed E-state index contributed by atoms with van der Waals surface area (Å²) >= 11 is 0. The van der Waals surface area contributed by atoms with E-state index in [9.17, 15) is 23.6 Å². The first kappa shape index (κ1) is 17.8. The van der Waals surface area contributed by atoms with Gasteiger partial charge in [0.1, 0.15) is 5.82 Å². The molecule has 0 N–H and O–H groups in total. The van der Waals surface area contributed by atoms with Crippen molar-refractivity contribution in [2.75, 3.05) is 13.2 Å². The topological polar surface area (TPSA) is 80.8 Å². The molecule has 7 heteroatoms. The number of carbonyl (C=O) groups excluding carboxylic acids is 4. The molecular weight excluding hydrogens is 353 g/mol. The van der Waals surface area contributed by atoms with Crippen LogP contribution in [0.15, 0.2) is 24.3 Å². The van der Waals surface area contributed by atoms with Crippen molar-refractivity contribution in [1.82, 2.24) is 4.90 Å². The molecule has 0 radical (unpaired) electrons. The van der Waals surface area contributed by atoms with Crippen LogP contribution in [0.2, 0.25) is 0 Å². The van der Waals surface area contributed by atoms with E-state index < -0.39 is 24.2 Å². The minimum atomic E-state index is -0.647. The lowest BCUT2D eigenvalue weighted by Gasteiger charge is -2.19. The van der Waals surface area contributed by atoms with Crippen LogP contribution in [0.3, 0.4) is 0 Å². The minimum Gasteiger partial charge on any atom is -0.457 e. The molecule has 1 aliphatic heterocycles. The second-order valence-electron chi connectivity index (χ2n) is 7.55. The van der Waals surface area contributed by atoms with E-state index in [1.165, 1.54) is 17.0 Å².